The Bertz CT molecular complexity index is 1240. The number of likely N-dealkylation sites (tertiary alicyclic amines) is 1. The number of aliphatic hydroxyl groups is 1. The number of nitrogens with zero attached hydrogens (tertiary/aromatic N) is 3. The fourth-order valence-corrected chi connectivity index (χ4v) is 5.58. The first-order chi connectivity index (χ1) is 18.2. The number of rotatable bonds is 10. The van der Waals surface area contributed by atoms with E-state index in [-0.39, 0.29) is 49.2 Å². The third kappa shape index (κ3) is 6.06. The van der Waals surface area contributed by atoms with Crippen LogP contribution in [0.25, 0.3) is 10.4 Å². The largest absolute Gasteiger partial charge is 0.474 e. The van der Waals surface area contributed by atoms with E-state index < -0.39 is 18.1 Å². The van der Waals surface area contributed by atoms with Crippen LogP contribution in [0, 0.1) is 12.8 Å². The molecule has 38 heavy (non-hydrogen) atoms. The molecule has 1 aliphatic heterocycles. The number of aliphatic hydroxyl groups excluding tert-OH is 1. The summed E-state index contributed by atoms with van der Waals surface area (Å²) < 4.78 is 10.8. The maximum Gasteiger partial charge on any atom is 0.254 e. The third-order valence-corrected chi connectivity index (χ3v) is 7.73. The van der Waals surface area contributed by atoms with Gasteiger partial charge < -0.3 is 30.3 Å². The zero-order valence-electron chi connectivity index (χ0n) is 22.1. The Morgan fingerprint density at radius 2 is 2.03 bits per heavy atom. The molecule has 3 aromatic rings. The highest BCUT2D eigenvalue weighted by Crippen LogP contribution is 2.33. The summed E-state index contributed by atoms with van der Waals surface area (Å²) in [6.07, 6.45) is -0.627. The lowest BCUT2D eigenvalue weighted by Gasteiger charge is -2.29. The maximum absolute atomic E-state index is 13.7. The Morgan fingerprint density at radius 3 is 2.66 bits per heavy atom. The quantitative estimate of drug-likeness (QED) is 0.355. The molecular formula is C27H35N5O5S. The van der Waals surface area contributed by atoms with Crippen LogP contribution in [-0.2, 0) is 9.59 Å². The van der Waals surface area contributed by atoms with Gasteiger partial charge in [-0.25, -0.2) is 4.98 Å². The van der Waals surface area contributed by atoms with E-state index >= 15 is 0 Å². The Balaban J connectivity index is 1.46. The number of aryl methyl sites for hydroxylation is 1. The number of benzene rings is 1. The van der Waals surface area contributed by atoms with Gasteiger partial charge in [0.15, 0.2) is 5.76 Å². The molecule has 0 radical (unpaired) electrons. The SMILES string of the molecule is Cc1ncsc1-c1ccc([C@@H](C)NC(=O)[C@@H]2C[C@@H](O)CN2C(=O)C(c2cc(OCCN)no2)C(C)C)cc1. The van der Waals surface area contributed by atoms with Crippen molar-refractivity contribution in [1.29, 1.82) is 0 Å². The summed E-state index contributed by atoms with van der Waals surface area (Å²) in [6, 6.07) is 8.50. The number of hydrogen-bond donors (Lipinski definition) is 3. The molecule has 1 aromatic carbocycles. The number of β-amino-alcohol motifs (C(OH)–C–C–N with tert-alkyl or cyclic N) is 1. The van der Waals surface area contributed by atoms with Crippen LogP contribution in [0.2, 0.25) is 0 Å². The van der Waals surface area contributed by atoms with Crippen LogP contribution in [0.15, 0.2) is 40.4 Å². The van der Waals surface area contributed by atoms with E-state index in [2.05, 4.69) is 15.5 Å². The Labute approximate surface area is 226 Å². The predicted molar refractivity (Wildman–Crippen MR) is 144 cm³/mol. The van der Waals surface area contributed by atoms with Gasteiger partial charge in [-0.1, -0.05) is 38.1 Å². The van der Waals surface area contributed by atoms with Gasteiger partial charge in [0.2, 0.25) is 11.8 Å². The fourth-order valence-electron chi connectivity index (χ4n) is 4.77. The molecule has 4 rings (SSSR count). The molecule has 4 atom stereocenters. The van der Waals surface area contributed by atoms with Gasteiger partial charge in [-0.15, -0.1) is 11.3 Å². The van der Waals surface area contributed by atoms with E-state index in [9.17, 15) is 14.7 Å². The van der Waals surface area contributed by atoms with Crippen LogP contribution in [0.5, 0.6) is 5.88 Å². The summed E-state index contributed by atoms with van der Waals surface area (Å²) in [7, 11) is 0. The Hall–Kier alpha value is -3.28. The second kappa shape index (κ2) is 12.1. The summed E-state index contributed by atoms with van der Waals surface area (Å²) in [6.45, 7) is 8.34. The van der Waals surface area contributed by atoms with Crippen molar-refractivity contribution in [3.63, 3.8) is 0 Å². The van der Waals surface area contributed by atoms with E-state index in [0.717, 1.165) is 21.7 Å². The van der Waals surface area contributed by atoms with Crippen molar-refractivity contribution in [1.82, 2.24) is 20.4 Å². The second-order valence-electron chi connectivity index (χ2n) is 9.94. The molecule has 1 unspecified atom stereocenters. The van der Waals surface area contributed by atoms with Gasteiger partial charge >= 0.3 is 0 Å². The molecule has 1 fully saturated rings. The number of nitrogens with one attached hydrogen (secondary N) is 1. The molecule has 4 N–H and O–H groups in total. The monoisotopic (exact) mass is 541 g/mol. The molecule has 2 aromatic heterocycles. The van der Waals surface area contributed by atoms with Gasteiger partial charge in [-0.05, 0) is 36.0 Å². The number of hydrogen-bond acceptors (Lipinski definition) is 9. The summed E-state index contributed by atoms with van der Waals surface area (Å²) >= 11 is 1.59. The van der Waals surface area contributed by atoms with Crippen molar-refractivity contribution >= 4 is 23.2 Å². The molecule has 0 spiro atoms. The molecule has 0 saturated carbocycles. The standard InChI is InChI=1S/C27H35N5O5S/c1-15(2)24(22-12-23(31-37-22)36-10-9-28)27(35)32-13-20(33)11-21(32)26(34)30-16(3)18-5-7-19(8-6-18)25-17(4)29-14-38-25/h5-8,12,14-16,20-21,24,33H,9-11,13,28H2,1-4H3,(H,30,34)/t16-,20-,21+,24?/m1/s1. The normalized spacial score (nSPS) is 19.0. The lowest BCUT2D eigenvalue weighted by atomic mass is 9.91. The minimum atomic E-state index is -0.795. The summed E-state index contributed by atoms with van der Waals surface area (Å²) in [4.78, 5) is 33.9. The lowest BCUT2D eigenvalue weighted by molar-refractivity contribution is -0.141. The average Bonchev–Trinajstić information content (AvgIpc) is 3.62. The predicted octanol–water partition coefficient (Wildman–Crippen LogP) is 3.02. The number of carbonyl (C=O) groups is 2. The highest BCUT2D eigenvalue weighted by Gasteiger charge is 2.43. The van der Waals surface area contributed by atoms with Crippen molar-refractivity contribution in [2.75, 3.05) is 19.7 Å². The van der Waals surface area contributed by atoms with Crippen molar-refractivity contribution < 1.29 is 24.0 Å². The van der Waals surface area contributed by atoms with Crippen molar-refractivity contribution in [2.45, 2.75) is 58.2 Å². The number of aromatic nitrogens is 2. The molecule has 1 aliphatic rings. The van der Waals surface area contributed by atoms with E-state index in [0.29, 0.717) is 12.3 Å². The topological polar surface area (TPSA) is 144 Å². The minimum absolute atomic E-state index is 0.0715. The zero-order valence-corrected chi connectivity index (χ0v) is 22.9. The molecule has 11 heteroatoms. The fraction of sp³-hybridized carbons (Fsp3) is 0.481. The van der Waals surface area contributed by atoms with Crippen LogP contribution in [-0.4, -0.2) is 63.8 Å². The lowest BCUT2D eigenvalue weighted by Crippen LogP contribution is -2.48. The molecule has 0 bridgehead atoms. The van der Waals surface area contributed by atoms with E-state index in [1.165, 1.54) is 4.90 Å². The number of nitrogens with two attached hydrogens (primary N) is 1. The van der Waals surface area contributed by atoms with Crippen LogP contribution < -0.4 is 15.8 Å². The minimum Gasteiger partial charge on any atom is -0.474 e. The first-order valence-electron chi connectivity index (χ1n) is 12.8. The highest BCUT2D eigenvalue weighted by molar-refractivity contribution is 7.13. The molecule has 0 aliphatic carbocycles. The van der Waals surface area contributed by atoms with Crippen molar-refractivity contribution in [2.24, 2.45) is 11.7 Å². The third-order valence-electron chi connectivity index (χ3n) is 6.76. The van der Waals surface area contributed by atoms with Crippen LogP contribution in [0.3, 0.4) is 0 Å². The first-order valence-corrected chi connectivity index (χ1v) is 13.7. The van der Waals surface area contributed by atoms with Crippen LogP contribution in [0.4, 0.5) is 0 Å². The maximum atomic E-state index is 13.7. The molecule has 3 heterocycles. The first kappa shape index (κ1) is 27.7. The van der Waals surface area contributed by atoms with E-state index in [1.807, 2.05) is 57.5 Å². The molecule has 1 saturated heterocycles. The summed E-state index contributed by atoms with van der Waals surface area (Å²) in [5.41, 5.74) is 10.3. The van der Waals surface area contributed by atoms with Crippen molar-refractivity contribution in [3.05, 3.63) is 52.9 Å². The van der Waals surface area contributed by atoms with Gasteiger partial charge in [0, 0.05) is 25.6 Å². The summed E-state index contributed by atoms with van der Waals surface area (Å²) in [5.74, 6) is -0.823. The van der Waals surface area contributed by atoms with Gasteiger partial charge in [-0.2, -0.15) is 0 Å². The van der Waals surface area contributed by atoms with Gasteiger partial charge in [-0.3, -0.25) is 9.59 Å². The Morgan fingerprint density at radius 1 is 1.29 bits per heavy atom. The molecule has 10 nitrogen and oxygen atoms in total. The smallest absolute Gasteiger partial charge is 0.254 e. The van der Waals surface area contributed by atoms with Crippen LogP contribution >= 0.6 is 11.3 Å². The number of amides is 2. The van der Waals surface area contributed by atoms with Gasteiger partial charge in [0.05, 0.1) is 28.2 Å². The number of carbonyl (C=O) groups excluding carboxylic acids is 2. The highest BCUT2D eigenvalue weighted by atomic mass is 32.1. The number of ether oxygens (including phenoxy) is 1. The van der Waals surface area contributed by atoms with Gasteiger partial charge in [0.1, 0.15) is 18.6 Å². The summed E-state index contributed by atoms with van der Waals surface area (Å²) in [5, 5.41) is 17.3. The number of thiazole rings is 1. The zero-order chi connectivity index (χ0) is 27.4. The molecule has 204 valence electrons. The second-order valence-corrected chi connectivity index (χ2v) is 10.8. The van der Waals surface area contributed by atoms with E-state index in [4.69, 9.17) is 15.0 Å². The average molecular weight is 542 g/mol. The molecular weight excluding hydrogens is 506 g/mol. The Kier molecular flexibility index (Phi) is 8.80. The van der Waals surface area contributed by atoms with Gasteiger partial charge in [0.25, 0.3) is 5.88 Å². The van der Waals surface area contributed by atoms with Crippen LogP contribution in [0.1, 0.15) is 56.2 Å². The molecule has 2 amide bonds. The van der Waals surface area contributed by atoms with Crippen molar-refractivity contribution in [3.8, 4) is 16.3 Å². The van der Waals surface area contributed by atoms with E-state index in [1.54, 1.807) is 17.4 Å².